The minimum atomic E-state index is -3.84. The maximum Gasteiger partial charge on any atom is 0.305 e. The van der Waals surface area contributed by atoms with Crippen LogP contribution >= 0.6 is 11.6 Å². The molecule has 2 rings (SSSR count). The van der Waals surface area contributed by atoms with Crippen LogP contribution in [0.1, 0.15) is 38.5 Å². The first-order valence-corrected chi connectivity index (χ1v) is 8.71. The summed E-state index contributed by atoms with van der Waals surface area (Å²) in [6.45, 7) is 0. The van der Waals surface area contributed by atoms with Crippen LogP contribution in [0.5, 0.6) is 0 Å². The van der Waals surface area contributed by atoms with Crippen LogP contribution in [0.2, 0.25) is 5.02 Å². The highest BCUT2D eigenvalue weighted by Gasteiger charge is 2.38. The van der Waals surface area contributed by atoms with E-state index >= 15 is 0 Å². The van der Waals surface area contributed by atoms with Crippen molar-refractivity contribution < 1.29 is 18.3 Å². The number of benzene rings is 1. The Hall–Kier alpha value is -1.11. The standard InChI is InChI=1S/C14H18ClNO4S/c15-11-6-2-3-7-12(11)21(19,20)16-14(10-13(17)18)8-4-1-5-9-14/h2-3,6-7,16H,1,4-5,8-10H2,(H,17,18). The van der Waals surface area contributed by atoms with Gasteiger partial charge in [0.05, 0.1) is 11.4 Å². The van der Waals surface area contributed by atoms with Crippen molar-refractivity contribution in [1.29, 1.82) is 0 Å². The van der Waals surface area contributed by atoms with E-state index in [4.69, 9.17) is 16.7 Å². The second-order valence-corrected chi connectivity index (χ2v) is 7.51. The fraction of sp³-hybridized carbons (Fsp3) is 0.500. The molecule has 0 spiro atoms. The first-order chi connectivity index (χ1) is 9.85. The number of hydrogen-bond acceptors (Lipinski definition) is 3. The largest absolute Gasteiger partial charge is 0.481 e. The van der Waals surface area contributed by atoms with Gasteiger partial charge < -0.3 is 5.11 Å². The molecule has 0 radical (unpaired) electrons. The summed E-state index contributed by atoms with van der Waals surface area (Å²) in [7, 11) is -3.84. The zero-order valence-electron chi connectivity index (χ0n) is 11.5. The highest BCUT2D eigenvalue weighted by atomic mass is 35.5. The molecule has 1 aliphatic carbocycles. The Bertz CT molecular complexity index is 624. The van der Waals surface area contributed by atoms with Gasteiger partial charge in [0.1, 0.15) is 4.90 Å². The smallest absolute Gasteiger partial charge is 0.305 e. The van der Waals surface area contributed by atoms with E-state index in [1.165, 1.54) is 12.1 Å². The molecule has 0 heterocycles. The molecule has 0 unspecified atom stereocenters. The molecule has 5 nitrogen and oxygen atoms in total. The molecule has 0 atom stereocenters. The van der Waals surface area contributed by atoms with Crippen LogP contribution in [0.3, 0.4) is 0 Å². The lowest BCUT2D eigenvalue weighted by Gasteiger charge is -2.36. The van der Waals surface area contributed by atoms with E-state index in [1.54, 1.807) is 12.1 Å². The molecule has 2 N–H and O–H groups in total. The number of hydrogen-bond donors (Lipinski definition) is 2. The van der Waals surface area contributed by atoms with Gasteiger partial charge in [-0.2, -0.15) is 0 Å². The molecule has 1 aliphatic rings. The summed E-state index contributed by atoms with van der Waals surface area (Å²) in [5.74, 6) is -1.00. The van der Waals surface area contributed by atoms with E-state index in [0.29, 0.717) is 12.8 Å². The van der Waals surface area contributed by atoms with Crippen LogP contribution in [0, 0.1) is 0 Å². The summed E-state index contributed by atoms with van der Waals surface area (Å²) in [5, 5.41) is 9.22. The van der Waals surface area contributed by atoms with E-state index in [-0.39, 0.29) is 16.3 Å². The minimum Gasteiger partial charge on any atom is -0.481 e. The van der Waals surface area contributed by atoms with Gasteiger partial charge in [0, 0.05) is 5.54 Å². The van der Waals surface area contributed by atoms with E-state index in [1.807, 2.05) is 0 Å². The Labute approximate surface area is 129 Å². The number of nitrogens with one attached hydrogen (secondary N) is 1. The third-order valence-corrected chi connectivity index (χ3v) is 5.86. The third-order valence-electron chi connectivity index (χ3n) is 3.78. The predicted octanol–water partition coefficient (Wildman–Crippen LogP) is 2.80. The zero-order valence-corrected chi connectivity index (χ0v) is 13.1. The van der Waals surface area contributed by atoms with Crippen molar-refractivity contribution >= 4 is 27.6 Å². The summed E-state index contributed by atoms with van der Waals surface area (Å²) < 4.78 is 27.6. The maximum atomic E-state index is 12.5. The summed E-state index contributed by atoms with van der Waals surface area (Å²) in [4.78, 5) is 11.1. The number of carbonyl (C=O) groups is 1. The van der Waals surface area contributed by atoms with E-state index in [0.717, 1.165) is 19.3 Å². The Morgan fingerprint density at radius 3 is 2.43 bits per heavy atom. The van der Waals surface area contributed by atoms with Gasteiger partial charge in [0.2, 0.25) is 10.0 Å². The quantitative estimate of drug-likeness (QED) is 0.869. The molecule has 1 saturated carbocycles. The molecule has 116 valence electrons. The second-order valence-electron chi connectivity index (χ2n) is 5.45. The van der Waals surface area contributed by atoms with Crippen molar-refractivity contribution in [3.8, 4) is 0 Å². The minimum absolute atomic E-state index is 0.0120. The second kappa shape index (κ2) is 6.34. The van der Waals surface area contributed by atoms with Crippen molar-refractivity contribution in [2.24, 2.45) is 0 Å². The van der Waals surface area contributed by atoms with Gasteiger partial charge in [0.15, 0.2) is 0 Å². The molecule has 1 aromatic carbocycles. The first kappa shape index (κ1) is 16.3. The summed E-state index contributed by atoms with van der Waals surface area (Å²) >= 11 is 5.94. The van der Waals surface area contributed by atoms with Crippen molar-refractivity contribution in [2.45, 2.75) is 49.0 Å². The average Bonchev–Trinajstić information content (AvgIpc) is 2.38. The summed E-state index contributed by atoms with van der Waals surface area (Å²) in [6, 6.07) is 6.16. The van der Waals surface area contributed by atoms with Crippen molar-refractivity contribution in [3.63, 3.8) is 0 Å². The normalized spacial score (nSPS) is 18.3. The number of halogens is 1. The molecular formula is C14H18ClNO4S. The molecule has 0 aromatic heterocycles. The molecule has 7 heteroatoms. The van der Waals surface area contributed by atoms with Gasteiger partial charge in [-0.25, -0.2) is 13.1 Å². The highest BCUT2D eigenvalue weighted by Crippen LogP contribution is 2.33. The first-order valence-electron chi connectivity index (χ1n) is 6.85. The SMILES string of the molecule is O=C(O)CC1(NS(=O)(=O)c2ccccc2Cl)CCCCC1. The maximum absolute atomic E-state index is 12.5. The van der Waals surface area contributed by atoms with Crippen LogP contribution in [0.25, 0.3) is 0 Å². The Morgan fingerprint density at radius 1 is 1.24 bits per heavy atom. The van der Waals surface area contributed by atoms with Gasteiger partial charge in [-0.1, -0.05) is 43.0 Å². The lowest BCUT2D eigenvalue weighted by molar-refractivity contribution is -0.138. The number of rotatable bonds is 5. The van der Waals surface area contributed by atoms with Crippen molar-refractivity contribution in [3.05, 3.63) is 29.3 Å². The Balaban J connectivity index is 2.31. The monoisotopic (exact) mass is 331 g/mol. The lowest BCUT2D eigenvalue weighted by atomic mass is 9.80. The predicted molar refractivity (Wildman–Crippen MR) is 79.8 cm³/mol. The van der Waals surface area contributed by atoms with Gasteiger partial charge in [-0.05, 0) is 25.0 Å². The van der Waals surface area contributed by atoms with Crippen molar-refractivity contribution in [1.82, 2.24) is 4.72 Å². The van der Waals surface area contributed by atoms with Crippen LogP contribution in [-0.4, -0.2) is 25.0 Å². The number of carboxylic acid groups (broad SMARTS) is 1. The molecule has 0 aliphatic heterocycles. The van der Waals surface area contributed by atoms with Gasteiger partial charge in [-0.3, -0.25) is 4.79 Å². The van der Waals surface area contributed by atoms with Gasteiger partial charge in [0.25, 0.3) is 0 Å². The molecular weight excluding hydrogens is 314 g/mol. The third kappa shape index (κ3) is 3.96. The average molecular weight is 332 g/mol. The molecule has 0 saturated heterocycles. The van der Waals surface area contributed by atoms with Crippen LogP contribution < -0.4 is 4.72 Å². The Morgan fingerprint density at radius 2 is 1.86 bits per heavy atom. The van der Waals surface area contributed by atoms with Crippen LogP contribution in [-0.2, 0) is 14.8 Å². The van der Waals surface area contributed by atoms with Crippen LogP contribution in [0.15, 0.2) is 29.2 Å². The zero-order chi connectivity index (χ0) is 15.5. The van der Waals surface area contributed by atoms with Crippen LogP contribution in [0.4, 0.5) is 0 Å². The van der Waals surface area contributed by atoms with E-state index < -0.39 is 21.5 Å². The number of aliphatic carboxylic acids is 1. The van der Waals surface area contributed by atoms with Gasteiger partial charge >= 0.3 is 5.97 Å². The molecule has 1 aromatic rings. The summed E-state index contributed by atoms with van der Waals surface area (Å²) in [6.07, 6.45) is 3.48. The summed E-state index contributed by atoms with van der Waals surface area (Å²) in [5.41, 5.74) is -0.915. The van der Waals surface area contributed by atoms with E-state index in [2.05, 4.69) is 4.72 Å². The number of sulfonamides is 1. The lowest BCUT2D eigenvalue weighted by Crippen LogP contribution is -2.51. The molecule has 0 bridgehead atoms. The number of carboxylic acids is 1. The fourth-order valence-electron chi connectivity index (χ4n) is 2.84. The molecule has 0 amide bonds. The van der Waals surface area contributed by atoms with E-state index in [9.17, 15) is 13.2 Å². The fourth-order valence-corrected chi connectivity index (χ4v) is 4.81. The highest BCUT2D eigenvalue weighted by molar-refractivity contribution is 7.89. The van der Waals surface area contributed by atoms with Gasteiger partial charge in [-0.15, -0.1) is 0 Å². The molecule has 21 heavy (non-hydrogen) atoms. The van der Waals surface area contributed by atoms with Crippen molar-refractivity contribution in [2.75, 3.05) is 0 Å². The topological polar surface area (TPSA) is 83.5 Å². The molecule has 1 fully saturated rings. The Kier molecular flexibility index (Phi) is 4.91.